The molecular weight excluding hydrogens is 440 g/mol. The molecule has 3 aromatic rings. The van der Waals surface area contributed by atoms with Gasteiger partial charge in [0.2, 0.25) is 0 Å². The number of benzene rings is 2. The van der Waals surface area contributed by atoms with Crippen molar-refractivity contribution in [2.24, 2.45) is 11.8 Å². The number of aromatic nitrogens is 2. The largest absolute Gasteiger partial charge is 0.478 e. The van der Waals surface area contributed by atoms with Crippen LogP contribution in [0.3, 0.4) is 0 Å². The molecule has 9 heteroatoms. The zero-order valence-corrected chi connectivity index (χ0v) is 18.7. The highest BCUT2D eigenvalue weighted by Crippen LogP contribution is 2.53. The van der Waals surface area contributed by atoms with Crippen LogP contribution in [0.15, 0.2) is 36.4 Å². The van der Waals surface area contributed by atoms with Crippen LogP contribution in [-0.4, -0.2) is 40.1 Å². The van der Waals surface area contributed by atoms with Crippen LogP contribution in [-0.2, 0) is 0 Å². The van der Waals surface area contributed by atoms with Crippen LogP contribution in [0.25, 0.3) is 11.0 Å². The number of halogens is 2. The summed E-state index contributed by atoms with van der Waals surface area (Å²) in [6, 6.07) is 12.2. The van der Waals surface area contributed by atoms with Crippen LogP contribution in [0.4, 0.5) is 20.3 Å². The summed E-state index contributed by atoms with van der Waals surface area (Å²) in [7, 11) is 0. The number of carboxylic acids is 1. The van der Waals surface area contributed by atoms with Crippen LogP contribution in [0, 0.1) is 30.1 Å². The number of piperidine rings is 2. The van der Waals surface area contributed by atoms with Crippen molar-refractivity contribution in [3.8, 4) is 6.07 Å². The summed E-state index contributed by atoms with van der Waals surface area (Å²) in [6.45, 7) is 4.07. The Bertz CT molecular complexity index is 1340. The number of rotatable bonds is 5. The number of aromatic carboxylic acids is 1. The van der Waals surface area contributed by atoms with E-state index < -0.39 is 23.7 Å². The molecule has 174 valence electrons. The predicted molar refractivity (Wildman–Crippen MR) is 123 cm³/mol. The standard InChI is InChI=1S/C25H23F2N5O2/c1-13-7-18(14(2)29-19-6-4-3-5-17(19)24(33)34)22-20(8-13)30-21(10-28)23(31-22)32-11-15-9-16(12-32)25(15,26)27/h3-8,14-16,29H,9,11-12H2,1-2H3,(H,33,34)/t14-,15?,16?/m1/s1. The lowest BCUT2D eigenvalue weighted by Gasteiger charge is -2.53. The number of hydrogen-bond donors (Lipinski definition) is 2. The Labute approximate surface area is 195 Å². The first kappa shape index (κ1) is 22.0. The molecule has 1 aromatic heterocycles. The smallest absolute Gasteiger partial charge is 0.337 e. The van der Waals surface area contributed by atoms with Crippen molar-refractivity contribution in [3.63, 3.8) is 0 Å². The summed E-state index contributed by atoms with van der Waals surface area (Å²) in [5.41, 5.74) is 3.51. The molecule has 2 saturated heterocycles. The third kappa shape index (κ3) is 3.50. The molecule has 2 unspecified atom stereocenters. The molecule has 7 nitrogen and oxygen atoms in total. The highest BCUT2D eigenvalue weighted by molar-refractivity contribution is 5.94. The van der Waals surface area contributed by atoms with Gasteiger partial charge in [0.15, 0.2) is 11.5 Å². The van der Waals surface area contributed by atoms with Gasteiger partial charge in [-0.15, -0.1) is 0 Å². The summed E-state index contributed by atoms with van der Waals surface area (Å²) >= 11 is 0. The molecule has 2 bridgehead atoms. The summed E-state index contributed by atoms with van der Waals surface area (Å²) in [4.78, 5) is 22.7. The maximum absolute atomic E-state index is 14.1. The number of aryl methyl sites for hydroxylation is 1. The van der Waals surface area contributed by atoms with E-state index in [2.05, 4.69) is 16.4 Å². The number of nitrogens with zero attached hydrogens (tertiary/aromatic N) is 4. The molecule has 2 N–H and O–H groups in total. The molecule has 2 aliphatic heterocycles. The van der Waals surface area contributed by atoms with E-state index in [1.165, 1.54) is 6.07 Å². The minimum Gasteiger partial charge on any atom is -0.478 e. The SMILES string of the molecule is Cc1cc([C@@H](C)Nc2ccccc2C(=O)O)c2nc(N3CC4CC(C3)C4(F)F)c(C#N)nc2c1. The second-order valence-corrected chi connectivity index (χ2v) is 9.16. The molecular formula is C25H23F2N5O2. The second kappa shape index (κ2) is 7.90. The average Bonchev–Trinajstić information content (AvgIpc) is 2.82. The highest BCUT2D eigenvalue weighted by atomic mass is 19.3. The van der Waals surface area contributed by atoms with E-state index >= 15 is 0 Å². The second-order valence-electron chi connectivity index (χ2n) is 9.16. The molecule has 34 heavy (non-hydrogen) atoms. The fourth-order valence-corrected chi connectivity index (χ4v) is 5.06. The Morgan fingerprint density at radius 1 is 1.26 bits per heavy atom. The molecule has 0 amide bonds. The van der Waals surface area contributed by atoms with Crippen molar-refractivity contribution in [1.82, 2.24) is 9.97 Å². The minimum atomic E-state index is -2.66. The lowest BCUT2D eigenvalue weighted by Crippen LogP contribution is -2.63. The first-order valence-electron chi connectivity index (χ1n) is 11.1. The van der Waals surface area contributed by atoms with E-state index in [4.69, 9.17) is 4.98 Å². The maximum atomic E-state index is 14.1. The van der Waals surface area contributed by atoms with Gasteiger partial charge >= 0.3 is 5.97 Å². The van der Waals surface area contributed by atoms with Gasteiger partial charge in [0, 0.05) is 36.2 Å². The fraction of sp³-hybridized carbons (Fsp3) is 0.360. The molecule has 3 atom stereocenters. The number of nitrogens with one attached hydrogen (secondary N) is 1. The topological polar surface area (TPSA) is 102 Å². The van der Waals surface area contributed by atoms with Crippen molar-refractivity contribution >= 4 is 28.5 Å². The first-order valence-corrected chi connectivity index (χ1v) is 11.1. The van der Waals surface area contributed by atoms with Crippen LogP contribution in [0.5, 0.6) is 0 Å². The van der Waals surface area contributed by atoms with Gasteiger partial charge < -0.3 is 15.3 Å². The third-order valence-corrected chi connectivity index (χ3v) is 6.87. The fourth-order valence-electron chi connectivity index (χ4n) is 5.06. The van der Waals surface area contributed by atoms with Crippen molar-refractivity contribution in [2.45, 2.75) is 32.2 Å². The number of fused-ring (bicyclic) bond motifs is 3. The van der Waals surface area contributed by atoms with Gasteiger partial charge in [-0.3, -0.25) is 0 Å². The van der Waals surface area contributed by atoms with Crippen LogP contribution in [0.2, 0.25) is 0 Å². The molecule has 6 rings (SSSR count). The van der Waals surface area contributed by atoms with Crippen LogP contribution < -0.4 is 10.2 Å². The van der Waals surface area contributed by atoms with Gasteiger partial charge in [0.05, 0.1) is 22.6 Å². The molecule has 3 heterocycles. The zero-order valence-electron chi connectivity index (χ0n) is 18.7. The molecule has 1 saturated carbocycles. The predicted octanol–water partition coefficient (Wildman–Crippen LogP) is 4.77. The summed E-state index contributed by atoms with van der Waals surface area (Å²) in [6.07, 6.45) is 0.487. The number of nitriles is 1. The number of anilines is 2. The van der Waals surface area contributed by atoms with Gasteiger partial charge in [0.1, 0.15) is 6.07 Å². The number of carbonyl (C=O) groups is 1. The highest BCUT2D eigenvalue weighted by Gasteiger charge is 2.61. The van der Waals surface area contributed by atoms with Crippen LogP contribution in [0.1, 0.15) is 46.6 Å². The molecule has 2 aromatic carbocycles. The van der Waals surface area contributed by atoms with Gasteiger partial charge in [-0.25, -0.2) is 23.5 Å². The van der Waals surface area contributed by atoms with Crippen molar-refractivity contribution in [1.29, 1.82) is 5.26 Å². The van der Waals surface area contributed by atoms with Gasteiger partial charge in [-0.1, -0.05) is 18.2 Å². The Morgan fingerprint density at radius 2 is 1.97 bits per heavy atom. The number of carboxylic acid groups (broad SMARTS) is 1. The molecule has 0 radical (unpaired) electrons. The van der Waals surface area contributed by atoms with Gasteiger partial charge in [-0.05, 0) is 44.0 Å². The molecule has 3 aliphatic rings. The quantitative estimate of drug-likeness (QED) is 0.562. The number of hydrogen-bond acceptors (Lipinski definition) is 6. The number of para-hydroxylation sites is 1. The Hall–Kier alpha value is -3.80. The maximum Gasteiger partial charge on any atom is 0.337 e. The Morgan fingerprint density at radius 3 is 2.62 bits per heavy atom. The number of alkyl halides is 2. The first-order chi connectivity index (χ1) is 16.2. The summed E-state index contributed by atoms with van der Waals surface area (Å²) in [5.74, 6) is -4.85. The monoisotopic (exact) mass is 463 g/mol. The van der Waals surface area contributed by atoms with Crippen molar-refractivity contribution in [3.05, 3.63) is 58.8 Å². The van der Waals surface area contributed by atoms with E-state index in [0.717, 1.165) is 11.1 Å². The molecule has 3 fully saturated rings. The Balaban J connectivity index is 1.56. The summed E-state index contributed by atoms with van der Waals surface area (Å²) < 4.78 is 28.2. The van der Waals surface area contributed by atoms with E-state index in [1.807, 2.05) is 26.0 Å². The van der Waals surface area contributed by atoms with E-state index in [1.54, 1.807) is 23.1 Å². The Kier molecular flexibility index (Phi) is 5.12. The zero-order chi connectivity index (χ0) is 24.2. The van der Waals surface area contributed by atoms with Crippen molar-refractivity contribution in [2.75, 3.05) is 23.3 Å². The van der Waals surface area contributed by atoms with Gasteiger partial charge in [-0.2, -0.15) is 5.26 Å². The van der Waals surface area contributed by atoms with E-state index in [9.17, 15) is 23.9 Å². The molecule has 1 aliphatic carbocycles. The minimum absolute atomic E-state index is 0.116. The van der Waals surface area contributed by atoms with Gasteiger partial charge in [0.25, 0.3) is 5.92 Å². The normalized spacial score (nSPS) is 21.4. The van der Waals surface area contributed by atoms with E-state index in [0.29, 0.717) is 29.0 Å². The summed E-state index contributed by atoms with van der Waals surface area (Å²) in [5, 5.41) is 22.5. The average molecular weight is 463 g/mol. The lowest BCUT2D eigenvalue weighted by molar-refractivity contribution is -0.194. The van der Waals surface area contributed by atoms with E-state index in [-0.39, 0.29) is 30.4 Å². The van der Waals surface area contributed by atoms with Crippen molar-refractivity contribution < 1.29 is 18.7 Å². The molecule has 0 spiro atoms. The lowest BCUT2D eigenvalue weighted by atomic mass is 9.67. The third-order valence-electron chi connectivity index (χ3n) is 6.87. The van der Waals surface area contributed by atoms with Crippen LogP contribution >= 0.6 is 0 Å².